The molecule has 4 heteroatoms. The molecule has 0 saturated carbocycles. The number of likely N-dealkylation sites (N-methyl/N-ethyl adjacent to an activating group) is 1. The van der Waals surface area contributed by atoms with E-state index in [1.807, 2.05) is 22.6 Å². The van der Waals surface area contributed by atoms with E-state index in [1.54, 1.807) is 0 Å². The molecule has 1 amide bonds. The molecule has 1 unspecified atom stereocenters. The SMILES string of the molecule is CN1CC2c3c(c4ccccc4n3C1=O)CCN2Cc1ccccc1. The van der Waals surface area contributed by atoms with E-state index in [1.165, 1.54) is 22.2 Å². The first kappa shape index (κ1) is 14.7. The van der Waals surface area contributed by atoms with Crippen LogP contribution in [0, 0.1) is 0 Å². The fourth-order valence-electron chi connectivity index (χ4n) is 4.45. The Kier molecular flexibility index (Phi) is 3.22. The molecular weight excluding hydrogens is 310 g/mol. The van der Waals surface area contributed by atoms with Crippen molar-refractivity contribution >= 4 is 16.9 Å². The summed E-state index contributed by atoms with van der Waals surface area (Å²) in [5, 5.41) is 1.24. The topological polar surface area (TPSA) is 28.5 Å². The highest BCUT2D eigenvalue weighted by atomic mass is 16.2. The molecule has 4 nitrogen and oxygen atoms in total. The van der Waals surface area contributed by atoms with Crippen LogP contribution in [0.25, 0.3) is 10.9 Å². The first-order valence-corrected chi connectivity index (χ1v) is 8.89. The van der Waals surface area contributed by atoms with E-state index in [9.17, 15) is 4.79 Å². The highest BCUT2D eigenvalue weighted by Gasteiger charge is 2.39. The Hall–Kier alpha value is -2.59. The van der Waals surface area contributed by atoms with Gasteiger partial charge < -0.3 is 4.90 Å². The van der Waals surface area contributed by atoms with Crippen LogP contribution >= 0.6 is 0 Å². The van der Waals surface area contributed by atoms with Crippen LogP contribution < -0.4 is 0 Å². The summed E-state index contributed by atoms with van der Waals surface area (Å²) in [6, 6.07) is 19.3. The molecular formula is C21H21N3O. The maximum atomic E-state index is 12.9. The van der Waals surface area contributed by atoms with E-state index >= 15 is 0 Å². The number of rotatable bonds is 2. The van der Waals surface area contributed by atoms with Gasteiger partial charge in [0.2, 0.25) is 0 Å². The first-order valence-electron chi connectivity index (χ1n) is 8.89. The Balaban J connectivity index is 1.65. The van der Waals surface area contributed by atoms with Crippen LogP contribution in [0.5, 0.6) is 0 Å². The van der Waals surface area contributed by atoms with E-state index in [4.69, 9.17) is 0 Å². The molecule has 0 bridgehead atoms. The van der Waals surface area contributed by atoms with E-state index in [2.05, 4.69) is 53.4 Å². The highest BCUT2D eigenvalue weighted by Crippen LogP contribution is 2.40. The highest BCUT2D eigenvalue weighted by molar-refractivity contribution is 5.96. The minimum Gasteiger partial charge on any atom is -0.325 e. The molecule has 126 valence electrons. The van der Waals surface area contributed by atoms with Crippen molar-refractivity contribution in [1.29, 1.82) is 0 Å². The van der Waals surface area contributed by atoms with Crippen molar-refractivity contribution in [3.8, 4) is 0 Å². The first-order chi connectivity index (χ1) is 12.2. The van der Waals surface area contributed by atoms with Gasteiger partial charge in [0.15, 0.2) is 0 Å². The number of amides is 1. The zero-order chi connectivity index (χ0) is 17.0. The van der Waals surface area contributed by atoms with Gasteiger partial charge in [-0.05, 0) is 23.6 Å². The van der Waals surface area contributed by atoms with Gasteiger partial charge in [0.25, 0.3) is 0 Å². The average Bonchev–Trinajstić information content (AvgIpc) is 2.98. The van der Waals surface area contributed by atoms with Gasteiger partial charge in [0, 0.05) is 32.1 Å². The van der Waals surface area contributed by atoms with Crippen LogP contribution in [-0.4, -0.2) is 40.5 Å². The molecule has 1 aromatic heterocycles. The fourth-order valence-corrected chi connectivity index (χ4v) is 4.45. The molecule has 0 aliphatic carbocycles. The average molecular weight is 331 g/mol. The van der Waals surface area contributed by atoms with Crippen molar-refractivity contribution < 1.29 is 4.79 Å². The lowest BCUT2D eigenvalue weighted by molar-refractivity contribution is 0.119. The quantitative estimate of drug-likeness (QED) is 0.717. The fraction of sp³-hybridized carbons (Fsp3) is 0.286. The molecule has 3 heterocycles. The molecule has 0 spiro atoms. The predicted molar refractivity (Wildman–Crippen MR) is 98.7 cm³/mol. The number of carbonyl (C=O) groups is 1. The molecule has 0 fully saturated rings. The number of aromatic nitrogens is 1. The molecule has 2 aromatic carbocycles. The summed E-state index contributed by atoms with van der Waals surface area (Å²) in [6.45, 7) is 2.71. The Labute approximate surface area is 147 Å². The molecule has 0 radical (unpaired) electrons. The van der Waals surface area contributed by atoms with Crippen LogP contribution in [0.15, 0.2) is 54.6 Å². The van der Waals surface area contributed by atoms with Crippen molar-refractivity contribution in [2.75, 3.05) is 20.1 Å². The summed E-state index contributed by atoms with van der Waals surface area (Å²) in [7, 11) is 1.91. The minimum atomic E-state index is 0.0928. The van der Waals surface area contributed by atoms with Crippen molar-refractivity contribution in [1.82, 2.24) is 14.4 Å². The standard InChI is InChI=1S/C21H21N3O/c1-22-14-19-20-17(11-12-23(19)13-15-7-3-2-4-8-15)16-9-5-6-10-18(16)24(20)21(22)25/h2-10,19H,11-14H2,1H3. The van der Waals surface area contributed by atoms with Gasteiger partial charge in [-0.1, -0.05) is 48.5 Å². The van der Waals surface area contributed by atoms with Crippen LogP contribution in [0.1, 0.15) is 22.9 Å². The van der Waals surface area contributed by atoms with Crippen molar-refractivity contribution in [2.24, 2.45) is 0 Å². The Morgan fingerprint density at radius 3 is 2.64 bits per heavy atom. The van der Waals surface area contributed by atoms with E-state index in [0.717, 1.165) is 31.6 Å². The third-order valence-electron chi connectivity index (χ3n) is 5.62. The molecule has 2 aliphatic heterocycles. The summed E-state index contributed by atoms with van der Waals surface area (Å²) in [5.74, 6) is 0. The molecule has 0 saturated heterocycles. The van der Waals surface area contributed by atoms with Gasteiger partial charge in [-0.3, -0.25) is 9.47 Å². The van der Waals surface area contributed by atoms with Crippen molar-refractivity contribution in [2.45, 2.75) is 19.0 Å². The van der Waals surface area contributed by atoms with Gasteiger partial charge in [-0.25, -0.2) is 4.79 Å². The van der Waals surface area contributed by atoms with E-state index < -0.39 is 0 Å². The Morgan fingerprint density at radius 2 is 1.80 bits per heavy atom. The van der Waals surface area contributed by atoms with E-state index in [0.29, 0.717) is 0 Å². The lowest BCUT2D eigenvalue weighted by Gasteiger charge is -2.42. The number of nitrogens with zero attached hydrogens (tertiary/aromatic N) is 3. The maximum Gasteiger partial charge on any atom is 0.328 e. The van der Waals surface area contributed by atoms with Crippen LogP contribution in [0.2, 0.25) is 0 Å². The molecule has 1 atom stereocenters. The number of benzene rings is 2. The van der Waals surface area contributed by atoms with Crippen molar-refractivity contribution in [3.05, 3.63) is 71.4 Å². The summed E-state index contributed by atoms with van der Waals surface area (Å²) in [4.78, 5) is 17.2. The van der Waals surface area contributed by atoms with Gasteiger partial charge in [0.1, 0.15) is 0 Å². The molecule has 3 aromatic rings. The molecule has 2 aliphatic rings. The third kappa shape index (κ3) is 2.14. The third-order valence-corrected chi connectivity index (χ3v) is 5.62. The summed E-state index contributed by atoms with van der Waals surface area (Å²) >= 11 is 0. The molecule has 0 N–H and O–H groups in total. The van der Waals surface area contributed by atoms with Gasteiger partial charge >= 0.3 is 6.03 Å². The molecule has 25 heavy (non-hydrogen) atoms. The van der Waals surface area contributed by atoms with Crippen LogP contribution in [0.4, 0.5) is 4.79 Å². The summed E-state index contributed by atoms with van der Waals surface area (Å²) in [5.41, 5.74) is 4.96. The smallest absolute Gasteiger partial charge is 0.325 e. The Morgan fingerprint density at radius 1 is 1.04 bits per heavy atom. The maximum absolute atomic E-state index is 12.9. The number of fused-ring (bicyclic) bond motifs is 3. The summed E-state index contributed by atoms with van der Waals surface area (Å²) < 4.78 is 1.95. The number of carbonyl (C=O) groups excluding carboxylic acids is 1. The normalized spacial score (nSPS) is 20.1. The van der Waals surface area contributed by atoms with E-state index in [-0.39, 0.29) is 12.1 Å². The largest absolute Gasteiger partial charge is 0.328 e. The van der Waals surface area contributed by atoms with Crippen molar-refractivity contribution in [3.63, 3.8) is 0 Å². The second kappa shape index (κ2) is 5.46. The lowest BCUT2D eigenvalue weighted by atomic mass is 9.95. The van der Waals surface area contributed by atoms with Crippen LogP contribution in [-0.2, 0) is 13.0 Å². The minimum absolute atomic E-state index is 0.0928. The second-order valence-corrected chi connectivity index (χ2v) is 7.10. The predicted octanol–water partition coefficient (Wildman–Crippen LogP) is 3.65. The van der Waals surface area contributed by atoms with Gasteiger partial charge in [-0.2, -0.15) is 0 Å². The summed E-state index contributed by atoms with van der Waals surface area (Å²) in [6.07, 6.45) is 1.00. The second-order valence-electron chi connectivity index (χ2n) is 7.10. The number of hydrogen-bond acceptors (Lipinski definition) is 2. The zero-order valence-electron chi connectivity index (χ0n) is 14.4. The van der Waals surface area contributed by atoms with Gasteiger partial charge in [-0.15, -0.1) is 0 Å². The molecule has 5 rings (SSSR count). The Bertz CT molecular complexity index is 960. The zero-order valence-corrected chi connectivity index (χ0v) is 14.4. The van der Waals surface area contributed by atoms with Gasteiger partial charge in [0.05, 0.1) is 17.3 Å². The number of hydrogen-bond donors (Lipinski definition) is 0. The lowest BCUT2D eigenvalue weighted by Crippen LogP contribution is -2.49. The number of para-hydroxylation sites is 1. The monoisotopic (exact) mass is 331 g/mol. The van der Waals surface area contributed by atoms with Crippen LogP contribution in [0.3, 0.4) is 0 Å².